The molecule has 0 heterocycles. The second-order valence-electron chi connectivity index (χ2n) is 5.32. The second-order valence-corrected chi connectivity index (χ2v) is 7.08. The van der Waals surface area contributed by atoms with Crippen molar-refractivity contribution in [3.63, 3.8) is 0 Å². The van der Waals surface area contributed by atoms with Crippen molar-refractivity contribution < 1.29 is 13.5 Å². The van der Waals surface area contributed by atoms with Crippen LogP contribution < -0.4 is 4.72 Å². The third kappa shape index (κ3) is 4.77. The van der Waals surface area contributed by atoms with E-state index in [1.807, 2.05) is 0 Å². The lowest BCUT2D eigenvalue weighted by Gasteiger charge is -2.30. The van der Waals surface area contributed by atoms with Gasteiger partial charge >= 0.3 is 0 Å². The van der Waals surface area contributed by atoms with Crippen LogP contribution in [0, 0.1) is 0 Å². The minimum absolute atomic E-state index is 0.0507. The Hall–Kier alpha value is -1.11. The highest BCUT2D eigenvalue weighted by Gasteiger charge is 2.16. The zero-order chi connectivity index (χ0) is 15.3. The maximum atomic E-state index is 12.1. The molecule has 0 bridgehead atoms. The Kier molecular flexibility index (Phi) is 5.98. The molecule has 6 heteroatoms. The van der Waals surface area contributed by atoms with E-state index < -0.39 is 10.0 Å². The molecule has 20 heavy (non-hydrogen) atoms. The molecule has 0 aliphatic carbocycles. The maximum Gasteiger partial charge on any atom is 0.240 e. The van der Waals surface area contributed by atoms with Gasteiger partial charge in [-0.25, -0.2) is 13.1 Å². The van der Waals surface area contributed by atoms with E-state index >= 15 is 0 Å². The minimum Gasteiger partial charge on any atom is -0.508 e. The van der Waals surface area contributed by atoms with Crippen LogP contribution in [-0.4, -0.2) is 43.6 Å². The highest BCUT2D eigenvalue weighted by atomic mass is 32.2. The molecule has 0 saturated heterocycles. The van der Waals surface area contributed by atoms with Crippen molar-refractivity contribution in [2.45, 2.75) is 44.7 Å². The Bertz CT molecular complexity index is 502. The van der Waals surface area contributed by atoms with E-state index in [-0.39, 0.29) is 10.6 Å². The summed E-state index contributed by atoms with van der Waals surface area (Å²) in [7, 11) is -3.51. The SMILES string of the molecule is CC(C)N(CCNS(=O)(=O)c1ccc(O)cc1)C(C)C. The summed E-state index contributed by atoms with van der Waals surface area (Å²) in [5.74, 6) is 0.0507. The zero-order valence-electron chi connectivity index (χ0n) is 12.5. The summed E-state index contributed by atoms with van der Waals surface area (Å²) in [4.78, 5) is 2.38. The largest absolute Gasteiger partial charge is 0.508 e. The van der Waals surface area contributed by atoms with Gasteiger partial charge in [0.2, 0.25) is 10.0 Å². The second kappa shape index (κ2) is 7.06. The number of nitrogens with one attached hydrogen (secondary N) is 1. The van der Waals surface area contributed by atoms with E-state index in [1.165, 1.54) is 24.3 Å². The molecule has 2 N–H and O–H groups in total. The van der Waals surface area contributed by atoms with Gasteiger partial charge in [-0.05, 0) is 52.0 Å². The Labute approximate surface area is 121 Å². The first-order valence-corrected chi connectivity index (χ1v) is 8.27. The van der Waals surface area contributed by atoms with Gasteiger partial charge in [0.25, 0.3) is 0 Å². The van der Waals surface area contributed by atoms with E-state index in [1.54, 1.807) is 0 Å². The Morgan fingerprint density at radius 3 is 2.05 bits per heavy atom. The Morgan fingerprint density at radius 1 is 1.10 bits per heavy atom. The van der Waals surface area contributed by atoms with Gasteiger partial charge in [-0.15, -0.1) is 0 Å². The van der Waals surface area contributed by atoms with Gasteiger partial charge < -0.3 is 5.11 Å². The first-order chi connectivity index (χ1) is 9.24. The lowest BCUT2D eigenvalue weighted by Crippen LogP contribution is -2.42. The van der Waals surface area contributed by atoms with Gasteiger partial charge in [-0.1, -0.05) is 0 Å². The first-order valence-electron chi connectivity index (χ1n) is 6.78. The molecule has 1 rings (SSSR count). The number of aromatic hydroxyl groups is 1. The molecule has 0 spiro atoms. The highest BCUT2D eigenvalue weighted by molar-refractivity contribution is 7.89. The molecule has 0 atom stereocenters. The number of sulfonamides is 1. The summed E-state index contributed by atoms with van der Waals surface area (Å²) in [6.07, 6.45) is 0. The van der Waals surface area contributed by atoms with Gasteiger partial charge in [0.15, 0.2) is 0 Å². The number of benzene rings is 1. The fourth-order valence-corrected chi connectivity index (χ4v) is 3.15. The van der Waals surface area contributed by atoms with Gasteiger partial charge in [-0.3, -0.25) is 4.90 Å². The molecule has 1 aromatic carbocycles. The van der Waals surface area contributed by atoms with Crippen molar-refractivity contribution in [3.8, 4) is 5.75 Å². The molecule has 0 saturated carbocycles. The van der Waals surface area contributed by atoms with Crippen molar-refractivity contribution in [1.29, 1.82) is 0 Å². The number of hydrogen-bond donors (Lipinski definition) is 2. The average Bonchev–Trinajstić information content (AvgIpc) is 2.34. The monoisotopic (exact) mass is 300 g/mol. The smallest absolute Gasteiger partial charge is 0.240 e. The fourth-order valence-electron chi connectivity index (χ4n) is 2.13. The minimum atomic E-state index is -3.51. The highest BCUT2D eigenvalue weighted by Crippen LogP contribution is 2.14. The standard InChI is InChI=1S/C14H24N2O3S/c1-11(2)16(12(3)4)10-9-15-20(18,19)14-7-5-13(17)6-8-14/h5-8,11-12,15,17H,9-10H2,1-4H3. The van der Waals surface area contributed by atoms with Crippen molar-refractivity contribution in [2.24, 2.45) is 0 Å². The van der Waals surface area contributed by atoms with Crippen molar-refractivity contribution >= 4 is 10.0 Å². The van der Waals surface area contributed by atoms with Crippen LogP contribution in [0.4, 0.5) is 0 Å². The van der Waals surface area contributed by atoms with Crippen LogP contribution in [0.1, 0.15) is 27.7 Å². The van der Waals surface area contributed by atoms with Crippen LogP contribution >= 0.6 is 0 Å². The van der Waals surface area contributed by atoms with Crippen molar-refractivity contribution in [1.82, 2.24) is 9.62 Å². The average molecular weight is 300 g/mol. The molecule has 5 nitrogen and oxygen atoms in total. The normalized spacial score (nSPS) is 12.6. The Balaban J connectivity index is 2.62. The van der Waals surface area contributed by atoms with E-state index in [9.17, 15) is 13.5 Å². The van der Waals surface area contributed by atoms with Crippen LogP contribution in [0.5, 0.6) is 5.75 Å². The number of phenolic OH excluding ortho intramolecular Hbond substituents is 1. The predicted molar refractivity (Wildman–Crippen MR) is 80.3 cm³/mol. The molecule has 114 valence electrons. The van der Waals surface area contributed by atoms with Crippen molar-refractivity contribution in [3.05, 3.63) is 24.3 Å². The first kappa shape index (κ1) is 16.9. The van der Waals surface area contributed by atoms with Gasteiger partial charge in [0.1, 0.15) is 5.75 Å². The summed E-state index contributed by atoms with van der Waals surface area (Å²) in [6.45, 7) is 9.39. The predicted octanol–water partition coefficient (Wildman–Crippen LogP) is 1.79. The van der Waals surface area contributed by atoms with Gasteiger partial charge in [0, 0.05) is 25.2 Å². The topological polar surface area (TPSA) is 69.6 Å². The quantitative estimate of drug-likeness (QED) is 0.805. The lowest BCUT2D eigenvalue weighted by molar-refractivity contribution is 0.179. The molecule has 1 aromatic rings. The molecular weight excluding hydrogens is 276 g/mol. The van der Waals surface area contributed by atoms with Crippen LogP contribution in [0.3, 0.4) is 0 Å². The summed E-state index contributed by atoms with van der Waals surface area (Å²) < 4.78 is 26.7. The van der Waals surface area contributed by atoms with Crippen LogP contribution in [0.25, 0.3) is 0 Å². The maximum absolute atomic E-state index is 12.1. The molecule has 0 aliphatic rings. The van der Waals surface area contributed by atoms with Crippen LogP contribution in [0.15, 0.2) is 29.2 Å². The lowest BCUT2D eigenvalue weighted by atomic mass is 10.2. The zero-order valence-corrected chi connectivity index (χ0v) is 13.3. The van der Waals surface area contributed by atoms with E-state index in [0.717, 1.165) is 0 Å². The third-order valence-corrected chi connectivity index (χ3v) is 4.61. The third-order valence-electron chi connectivity index (χ3n) is 3.14. The molecule has 0 radical (unpaired) electrons. The molecule has 0 unspecified atom stereocenters. The Morgan fingerprint density at radius 2 is 1.60 bits per heavy atom. The van der Waals surface area contributed by atoms with E-state index in [4.69, 9.17) is 0 Å². The summed E-state index contributed by atoms with van der Waals surface area (Å²) in [5.41, 5.74) is 0. The number of phenols is 1. The molecular formula is C14H24N2O3S. The summed E-state index contributed by atoms with van der Waals surface area (Å²) in [6, 6.07) is 6.24. The molecule has 0 aromatic heterocycles. The number of hydrogen-bond acceptors (Lipinski definition) is 4. The number of rotatable bonds is 7. The van der Waals surface area contributed by atoms with Crippen LogP contribution in [0.2, 0.25) is 0 Å². The van der Waals surface area contributed by atoms with E-state index in [0.29, 0.717) is 25.2 Å². The van der Waals surface area contributed by atoms with Gasteiger partial charge in [0.05, 0.1) is 4.90 Å². The van der Waals surface area contributed by atoms with E-state index in [2.05, 4.69) is 37.3 Å². The van der Waals surface area contributed by atoms with Crippen LogP contribution in [-0.2, 0) is 10.0 Å². The molecule has 0 amide bonds. The summed E-state index contributed by atoms with van der Waals surface area (Å²) in [5, 5.41) is 9.17. The fraction of sp³-hybridized carbons (Fsp3) is 0.571. The number of nitrogens with zero attached hydrogens (tertiary/aromatic N) is 1. The summed E-state index contributed by atoms with van der Waals surface area (Å²) >= 11 is 0. The molecule has 0 aliphatic heterocycles. The van der Waals surface area contributed by atoms with Gasteiger partial charge in [-0.2, -0.15) is 0 Å². The molecule has 0 fully saturated rings. The van der Waals surface area contributed by atoms with Crippen molar-refractivity contribution in [2.75, 3.05) is 13.1 Å².